The van der Waals surface area contributed by atoms with Gasteiger partial charge in [0.15, 0.2) is 0 Å². The molecule has 3 nitrogen and oxygen atoms in total. The molecular weight excluding hydrogens is 224 g/mol. The summed E-state index contributed by atoms with van der Waals surface area (Å²) in [6, 6.07) is 8.23. The van der Waals surface area contributed by atoms with E-state index in [1.165, 1.54) is 5.56 Å². The molecule has 1 aliphatic rings. The highest BCUT2D eigenvalue weighted by Crippen LogP contribution is 2.29. The van der Waals surface area contributed by atoms with E-state index in [0.717, 1.165) is 25.2 Å². The number of nitrogens with one attached hydrogen (secondary N) is 1. The first-order valence-corrected chi connectivity index (χ1v) is 6.71. The van der Waals surface area contributed by atoms with E-state index in [9.17, 15) is 4.79 Å². The summed E-state index contributed by atoms with van der Waals surface area (Å²) in [6.07, 6.45) is 1.06. The van der Waals surface area contributed by atoms with Crippen LogP contribution >= 0.6 is 0 Å². The van der Waals surface area contributed by atoms with E-state index in [4.69, 9.17) is 0 Å². The number of urea groups is 1. The van der Waals surface area contributed by atoms with Crippen molar-refractivity contribution in [3.63, 3.8) is 0 Å². The Bertz CT molecular complexity index is 428. The Labute approximate surface area is 109 Å². The number of anilines is 1. The Kier molecular flexibility index (Phi) is 3.90. The van der Waals surface area contributed by atoms with Crippen LogP contribution in [-0.2, 0) is 6.42 Å². The first-order valence-electron chi connectivity index (χ1n) is 6.71. The number of carbonyl (C=O) groups excluding carboxylic acids is 1. The van der Waals surface area contributed by atoms with Crippen molar-refractivity contribution in [2.24, 2.45) is 11.8 Å². The Hall–Kier alpha value is -1.51. The third-order valence-corrected chi connectivity index (χ3v) is 3.25. The number of hydrogen-bond acceptors (Lipinski definition) is 1. The second-order valence-electron chi connectivity index (χ2n) is 5.63. The molecule has 0 fully saturated rings. The highest BCUT2D eigenvalue weighted by molar-refractivity contribution is 5.93. The van der Waals surface area contributed by atoms with Crippen LogP contribution in [0.4, 0.5) is 10.5 Å². The van der Waals surface area contributed by atoms with Crippen molar-refractivity contribution in [3.05, 3.63) is 29.8 Å². The van der Waals surface area contributed by atoms with E-state index >= 15 is 0 Å². The predicted octanol–water partition coefficient (Wildman–Crippen LogP) is 3.05. The molecule has 0 aromatic heterocycles. The van der Waals surface area contributed by atoms with Gasteiger partial charge in [-0.05, 0) is 29.9 Å². The van der Waals surface area contributed by atoms with Crippen LogP contribution in [0.3, 0.4) is 0 Å². The molecule has 1 atom stereocenters. The fraction of sp³-hybridized carbons (Fsp3) is 0.533. The van der Waals surface area contributed by atoms with Crippen LogP contribution in [0, 0.1) is 11.8 Å². The fourth-order valence-corrected chi connectivity index (χ4v) is 2.38. The van der Waals surface area contributed by atoms with Crippen LogP contribution in [0.25, 0.3) is 0 Å². The van der Waals surface area contributed by atoms with E-state index in [1.54, 1.807) is 0 Å². The largest absolute Gasteiger partial charge is 0.337 e. The van der Waals surface area contributed by atoms with Gasteiger partial charge < -0.3 is 5.32 Å². The average Bonchev–Trinajstić information content (AvgIpc) is 2.34. The molecular formula is C15H22N2O. The SMILES string of the molecule is CC(C)CNC(=O)N1CC(C)Cc2ccccc21. The zero-order valence-corrected chi connectivity index (χ0v) is 11.4. The number of fused-ring (bicyclic) bond motifs is 1. The standard InChI is InChI=1S/C15H22N2O/c1-11(2)9-16-15(18)17-10-12(3)8-13-6-4-5-7-14(13)17/h4-7,11-12H,8-10H2,1-3H3,(H,16,18). The Morgan fingerprint density at radius 3 is 2.89 bits per heavy atom. The highest BCUT2D eigenvalue weighted by Gasteiger charge is 2.25. The quantitative estimate of drug-likeness (QED) is 0.854. The third-order valence-electron chi connectivity index (χ3n) is 3.25. The minimum Gasteiger partial charge on any atom is -0.337 e. The van der Waals surface area contributed by atoms with Crippen molar-refractivity contribution >= 4 is 11.7 Å². The van der Waals surface area contributed by atoms with Crippen LogP contribution in [0.2, 0.25) is 0 Å². The molecule has 0 aliphatic carbocycles. The summed E-state index contributed by atoms with van der Waals surface area (Å²) >= 11 is 0. The zero-order valence-electron chi connectivity index (χ0n) is 11.4. The van der Waals surface area contributed by atoms with Gasteiger partial charge in [0.05, 0.1) is 0 Å². The Balaban J connectivity index is 2.15. The smallest absolute Gasteiger partial charge is 0.321 e. The van der Waals surface area contributed by atoms with Gasteiger partial charge >= 0.3 is 6.03 Å². The molecule has 1 aromatic carbocycles. The van der Waals surface area contributed by atoms with Gasteiger partial charge in [0.1, 0.15) is 0 Å². The number of amides is 2. The Morgan fingerprint density at radius 2 is 2.17 bits per heavy atom. The molecule has 1 unspecified atom stereocenters. The van der Waals surface area contributed by atoms with Crippen LogP contribution in [0.5, 0.6) is 0 Å². The first-order chi connectivity index (χ1) is 8.58. The maximum absolute atomic E-state index is 12.2. The van der Waals surface area contributed by atoms with Gasteiger partial charge in [-0.25, -0.2) is 4.79 Å². The molecule has 3 heteroatoms. The van der Waals surface area contributed by atoms with Crippen molar-refractivity contribution in [2.45, 2.75) is 27.2 Å². The van der Waals surface area contributed by atoms with Gasteiger partial charge in [-0.2, -0.15) is 0 Å². The van der Waals surface area contributed by atoms with E-state index in [-0.39, 0.29) is 6.03 Å². The molecule has 0 radical (unpaired) electrons. The molecule has 2 amide bonds. The number of rotatable bonds is 2. The molecule has 0 bridgehead atoms. The maximum Gasteiger partial charge on any atom is 0.321 e. The minimum absolute atomic E-state index is 0.0303. The fourth-order valence-electron chi connectivity index (χ4n) is 2.38. The molecule has 1 aromatic rings. The number of carbonyl (C=O) groups is 1. The molecule has 0 spiro atoms. The van der Waals surface area contributed by atoms with Gasteiger partial charge in [-0.3, -0.25) is 4.90 Å². The topological polar surface area (TPSA) is 32.3 Å². The summed E-state index contributed by atoms with van der Waals surface area (Å²) in [5.74, 6) is 0.996. The van der Waals surface area contributed by atoms with E-state index in [0.29, 0.717) is 11.8 Å². The molecule has 1 heterocycles. The van der Waals surface area contributed by atoms with Crippen molar-refractivity contribution in [3.8, 4) is 0 Å². The summed E-state index contributed by atoms with van der Waals surface area (Å²) in [6.45, 7) is 7.94. The van der Waals surface area contributed by atoms with Crippen molar-refractivity contribution in [1.29, 1.82) is 0 Å². The number of nitrogens with zero attached hydrogens (tertiary/aromatic N) is 1. The number of para-hydroxylation sites is 1. The highest BCUT2D eigenvalue weighted by atomic mass is 16.2. The lowest BCUT2D eigenvalue weighted by atomic mass is 9.94. The van der Waals surface area contributed by atoms with Gasteiger partial charge in [0, 0.05) is 18.8 Å². The number of benzene rings is 1. The first kappa shape index (κ1) is 12.9. The van der Waals surface area contributed by atoms with Crippen molar-refractivity contribution in [1.82, 2.24) is 5.32 Å². The van der Waals surface area contributed by atoms with Crippen LogP contribution in [0.1, 0.15) is 26.3 Å². The summed E-state index contributed by atoms with van der Waals surface area (Å²) in [4.78, 5) is 14.1. The van der Waals surface area contributed by atoms with E-state index in [2.05, 4.69) is 32.2 Å². The lowest BCUT2D eigenvalue weighted by Gasteiger charge is -2.33. The molecule has 2 rings (SSSR count). The third kappa shape index (κ3) is 2.84. The Morgan fingerprint density at radius 1 is 1.44 bits per heavy atom. The molecule has 1 N–H and O–H groups in total. The van der Waals surface area contributed by atoms with Gasteiger partial charge in [0.2, 0.25) is 0 Å². The summed E-state index contributed by atoms with van der Waals surface area (Å²) < 4.78 is 0. The second-order valence-corrected chi connectivity index (χ2v) is 5.63. The van der Waals surface area contributed by atoms with Gasteiger partial charge in [-0.15, -0.1) is 0 Å². The number of hydrogen-bond donors (Lipinski definition) is 1. The summed E-state index contributed by atoms with van der Waals surface area (Å²) in [7, 11) is 0. The minimum atomic E-state index is 0.0303. The van der Waals surface area contributed by atoms with Crippen LogP contribution in [-0.4, -0.2) is 19.1 Å². The maximum atomic E-state index is 12.2. The lowest BCUT2D eigenvalue weighted by molar-refractivity contribution is 0.243. The predicted molar refractivity (Wildman–Crippen MR) is 74.9 cm³/mol. The molecule has 98 valence electrons. The monoisotopic (exact) mass is 246 g/mol. The molecule has 1 aliphatic heterocycles. The van der Waals surface area contributed by atoms with Gasteiger partial charge in [-0.1, -0.05) is 39.0 Å². The summed E-state index contributed by atoms with van der Waals surface area (Å²) in [5, 5.41) is 3.00. The molecule has 18 heavy (non-hydrogen) atoms. The average molecular weight is 246 g/mol. The van der Waals surface area contributed by atoms with E-state index in [1.807, 2.05) is 23.1 Å². The van der Waals surface area contributed by atoms with E-state index < -0.39 is 0 Å². The molecule has 0 saturated carbocycles. The van der Waals surface area contributed by atoms with Crippen LogP contribution in [0.15, 0.2) is 24.3 Å². The van der Waals surface area contributed by atoms with Crippen LogP contribution < -0.4 is 10.2 Å². The van der Waals surface area contributed by atoms with Gasteiger partial charge in [0.25, 0.3) is 0 Å². The summed E-state index contributed by atoms with van der Waals surface area (Å²) in [5.41, 5.74) is 2.34. The lowest BCUT2D eigenvalue weighted by Crippen LogP contribution is -2.46. The van der Waals surface area contributed by atoms with Crippen molar-refractivity contribution in [2.75, 3.05) is 18.0 Å². The molecule has 0 saturated heterocycles. The normalized spacial score (nSPS) is 18.7. The van der Waals surface area contributed by atoms with Crippen molar-refractivity contribution < 1.29 is 4.79 Å². The second kappa shape index (κ2) is 5.42. The zero-order chi connectivity index (χ0) is 13.1.